The first-order chi connectivity index (χ1) is 15.4. The van der Waals surface area contributed by atoms with Gasteiger partial charge in [0.2, 0.25) is 11.8 Å². The fraction of sp³-hybridized carbons (Fsp3) is 0.478. The number of hydrogen-bond acceptors (Lipinski definition) is 6. The molecule has 1 saturated heterocycles. The number of amides is 2. The summed E-state index contributed by atoms with van der Waals surface area (Å²) in [5.41, 5.74) is 1.95. The molecule has 0 saturated carbocycles. The highest BCUT2D eigenvalue weighted by atomic mass is 19.1. The number of rotatable bonds is 6. The van der Waals surface area contributed by atoms with Crippen LogP contribution < -0.4 is 10.1 Å². The van der Waals surface area contributed by atoms with Crippen molar-refractivity contribution in [3.8, 4) is 5.75 Å². The highest BCUT2D eigenvalue weighted by Crippen LogP contribution is 2.30. The van der Waals surface area contributed by atoms with Gasteiger partial charge >= 0.3 is 0 Å². The first-order valence-electron chi connectivity index (χ1n) is 10.9. The molecule has 0 spiro atoms. The summed E-state index contributed by atoms with van der Waals surface area (Å²) in [6.07, 6.45) is 1.74. The minimum absolute atomic E-state index is 0.00143. The van der Waals surface area contributed by atoms with Gasteiger partial charge in [-0.25, -0.2) is 14.4 Å². The third-order valence-corrected chi connectivity index (χ3v) is 6.05. The summed E-state index contributed by atoms with van der Waals surface area (Å²) >= 11 is 0. The van der Waals surface area contributed by atoms with Gasteiger partial charge in [-0.2, -0.15) is 0 Å². The lowest BCUT2D eigenvalue weighted by Crippen LogP contribution is -2.35. The molecule has 1 aromatic heterocycles. The number of anilines is 1. The fourth-order valence-corrected chi connectivity index (χ4v) is 4.28. The van der Waals surface area contributed by atoms with Crippen molar-refractivity contribution in [1.82, 2.24) is 19.8 Å². The van der Waals surface area contributed by atoms with Crippen LogP contribution in [-0.2, 0) is 22.6 Å². The Hall–Kier alpha value is -3.23. The number of carbonyl (C=O) groups is 2. The monoisotopic (exact) mass is 441 g/mol. The minimum atomic E-state index is -0.367. The molecule has 1 aromatic carbocycles. The van der Waals surface area contributed by atoms with Crippen LogP contribution >= 0.6 is 0 Å². The second kappa shape index (κ2) is 9.50. The van der Waals surface area contributed by atoms with E-state index in [1.165, 1.54) is 12.1 Å². The quantitative estimate of drug-likeness (QED) is 0.741. The number of benzene rings is 1. The van der Waals surface area contributed by atoms with E-state index in [1.807, 2.05) is 11.9 Å². The van der Waals surface area contributed by atoms with Crippen molar-refractivity contribution in [2.24, 2.45) is 0 Å². The summed E-state index contributed by atoms with van der Waals surface area (Å²) in [4.78, 5) is 37.6. The molecule has 3 heterocycles. The Morgan fingerprint density at radius 3 is 2.84 bits per heavy atom. The summed E-state index contributed by atoms with van der Waals surface area (Å²) in [6, 6.07) is 5.89. The van der Waals surface area contributed by atoms with Crippen LogP contribution in [0.1, 0.15) is 42.8 Å². The van der Waals surface area contributed by atoms with E-state index in [4.69, 9.17) is 14.7 Å². The van der Waals surface area contributed by atoms with E-state index < -0.39 is 0 Å². The van der Waals surface area contributed by atoms with Gasteiger partial charge in [-0.05, 0) is 25.0 Å². The third kappa shape index (κ3) is 4.81. The molecular weight excluding hydrogens is 413 g/mol. The number of fused-ring (bicyclic) bond motifs is 1. The highest BCUT2D eigenvalue weighted by molar-refractivity contribution is 5.76. The number of nitrogens with zero attached hydrogens (tertiary/aromatic N) is 4. The van der Waals surface area contributed by atoms with E-state index in [0.29, 0.717) is 37.8 Å². The van der Waals surface area contributed by atoms with Crippen molar-refractivity contribution in [2.75, 3.05) is 38.6 Å². The SMILES string of the molecule is CNc1nc(C2CCN(C(=O)CCOc3cccc(F)c3)C2)nc2c1CCN(C(C)=O)C2. The Morgan fingerprint density at radius 2 is 2.09 bits per heavy atom. The van der Waals surface area contributed by atoms with E-state index in [2.05, 4.69) is 5.32 Å². The van der Waals surface area contributed by atoms with Crippen molar-refractivity contribution in [1.29, 1.82) is 0 Å². The Balaban J connectivity index is 1.38. The zero-order valence-electron chi connectivity index (χ0n) is 18.4. The van der Waals surface area contributed by atoms with Gasteiger partial charge in [-0.3, -0.25) is 9.59 Å². The van der Waals surface area contributed by atoms with Gasteiger partial charge in [0.1, 0.15) is 23.2 Å². The van der Waals surface area contributed by atoms with Gasteiger partial charge in [0.25, 0.3) is 0 Å². The van der Waals surface area contributed by atoms with Crippen LogP contribution in [-0.4, -0.2) is 64.9 Å². The second-order valence-electron chi connectivity index (χ2n) is 8.18. The lowest BCUT2D eigenvalue weighted by Gasteiger charge is -2.29. The van der Waals surface area contributed by atoms with Gasteiger partial charge in [-0.1, -0.05) is 6.07 Å². The number of ether oxygens (including phenoxy) is 1. The van der Waals surface area contributed by atoms with Gasteiger partial charge in [-0.15, -0.1) is 0 Å². The number of likely N-dealkylation sites (tertiary alicyclic amines) is 1. The highest BCUT2D eigenvalue weighted by Gasteiger charge is 2.31. The van der Waals surface area contributed by atoms with Crippen molar-refractivity contribution in [3.63, 3.8) is 0 Å². The maximum Gasteiger partial charge on any atom is 0.226 e. The van der Waals surface area contributed by atoms with Crippen LogP contribution in [0.4, 0.5) is 10.2 Å². The molecule has 1 atom stereocenters. The predicted octanol–water partition coefficient (Wildman–Crippen LogP) is 2.35. The maximum atomic E-state index is 13.2. The van der Waals surface area contributed by atoms with Gasteiger partial charge in [0.15, 0.2) is 0 Å². The molecular formula is C23H28FN5O3. The number of nitrogens with one attached hydrogen (secondary N) is 1. The molecule has 2 aliphatic heterocycles. The summed E-state index contributed by atoms with van der Waals surface area (Å²) in [6.45, 7) is 4.12. The Labute approximate surface area is 186 Å². The topological polar surface area (TPSA) is 87.7 Å². The zero-order chi connectivity index (χ0) is 22.7. The maximum absolute atomic E-state index is 13.2. The van der Waals surface area contributed by atoms with Crippen LogP contribution in [0.25, 0.3) is 0 Å². The summed E-state index contributed by atoms with van der Waals surface area (Å²) in [7, 11) is 1.84. The van der Waals surface area contributed by atoms with Crippen LogP contribution in [0.2, 0.25) is 0 Å². The van der Waals surface area contributed by atoms with E-state index >= 15 is 0 Å². The minimum Gasteiger partial charge on any atom is -0.493 e. The Kier molecular flexibility index (Phi) is 6.53. The molecule has 8 nitrogen and oxygen atoms in total. The lowest BCUT2D eigenvalue weighted by atomic mass is 10.0. The molecule has 0 radical (unpaired) electrons. The number of aromatic nitrogens is 2. The van der Waals surface area contributed by atoms with E-state index in [1.54, 1.807) is 24.0 Å². The average molecular weight is 442 g/mol. The molecule has 2 aromatic rings. The lowest BCUT2D eigenvalue weighted by molar-refractivity contribution is -0.131. The van der Waals surface area contributed by atoms with Crippen molar-refractivity contribution >= 4 is 17.6 Å². The van der Waals surface area contributed by atoms with E-state index in [0.717, 1.165) is 29.9 Å². The molecule has 9 heteroatoms. The Bertz CT molecular complexity index is 1020. The predicted molar refractivity (Wildman–Crippen MR) is 117 cm³/mol. The smallest absolute Gasteiger partial charge is 0.226 e. The molecule has 1 N–H and O–H groups in total. The summed E-state index contributed by atoms with van der Waals surface area (Å²) in [5.74, 6) is 1.66. The molecule has 2 aliphatic rings. The van der Waals surface area contributed by atoms with Crippen molar-refractivity contribution in [2.45, 2.75) is 38.6 Å². The molecule has 170 valence electrons. The average Bonchev–Trinajstić information content (AvgIpc) is 3.28. The fourth-order valence-electron chi connectivity index (χ4n) is 4.28. The van der Waals surface area contributed by atoms with Crippen molar-refractivity contribution < 1.29 is 18.7 Å². The van der Waals surface area contributed by atoms with E-state index in [-0.39, 0.29) is 36.6 Å². The summed E-state index contributed by atoms with van der Waals surface area (Å²) in [5, 5.41) is 3.17. The molecule has 0 bridgehead atoms. The number of hydrogen-bond donors (Lipinski definition) is 1. The van der Waals surface area contributed by atoms with Crippen molar-refractivity contribution in [3.05, 3.63) is 47.2 Å². The molecule has 2 amide bonds. The normalized spacial score (nSPS) is 17.8. The van der Waals surface area contributed by atoms with Gasteiger partial charge in [0, 0.05) is 51.2 Å². The van der Waals surface area contributed by atoms with Gasteiger partial charge < -0.3 is 19.9 Å². The number of halogens is 1. The van der Waals surface area contributed by atoms with E-state index in [9.17, 15) is 14.0 Å². The van der Waals surface area contributed by atoms with Crippen LogP contribution in [0.3, 0.4) is 0 Å². The molecule has 1 fully saturated rings. The largest absolute Gasteiger partial charge is 0.493 e. The summed E-state index contributed by atoms with van der Waals surface area (Å²) < 4.78 is 18.7. The second-order valence-corrected chi connectivity index (χ2v) is 8.18. The number of carbonyl (C=O) groups excluding carboxylic acids is 2. The van der Waals surface area contributed by atoms with Gasteiger partial charge in [0.05, 0.1) is 25.3 Å². The molecule has 32 heavy (non-hydrogen) atoms. The van der Waals surface area contributed by atoms with Crippen LogP contribution in [0.15, 0.2) is 24.3 Å². The first kappa shape index (κ1) is 22.0. The first-order valence-corrected chi connectivity index (χ1v) is 10.9. The van der Waals surface area contributed by atoms with Crippen LogP contribution in [0.5, 0.6) is 5.75 Å². The van der Waals surface area contributed by atoms with Crippen LogP contribution in [0, 0.1) is 5.82 Å². The Morgan fingerprint density at radius 1 is 1.25 bits per heavy atom. The third-order valence-electron chi connectivity index (χ3n) is 6.05. The molecule has 1 unspecified atom stereocenters. The molecule has 0 aliphatic carbocycles. The zero-order valence-corrected chi connectivity index (χ0v) is 18.4. The standard InChI is InChI=1S/C23H28FN5O3/c1-15(30)28-10-7-19-20(14-28)26-22(27-23(19)25-2)16-6-9-29(13-16)21(31)8-11-32-18-5-3-4-17(24)12-18/h3-5,12,16H,6-11,13-14H2,1-2H3,(H,25,26,27). The molecule has 4 rings (SSSR count).